The van der Waals surface area contributed by atoms with Gasteiger partial charge in [0.1, 0.15) is 0 Å². The SMILES string of the molecule is CC#N.CNC.[CH3-].[CH3-].[H-].[K+].[Y].[Y].[Y].[Y].[Y].[Y].[Y].[Y].[Y].[Y].[Y].[Y].[Y].[Y].[Y].[Y].[Y].[Y].[Y].[Y].c1ccccc1. The fraction of sp³-hybridized carbons (Fsp3) is 0.250. The largest absolute Gasteiger partial charge is 1.00 e. The van der Waals surface area contributed by atoms with Gasteiger partial charge in [0.05, 0.1) is 6.07 Å². The summed E-state index contributed by atoms with van der Waals surface area (Å²) in [5.41, 5.74) is 0. The van der Waals surface area contributed by atoms with E-state index in [0.29, 0.717) is 0 Å². The molecule has 0 saturated carbocycles. The molecular formula is C12H23KN2Y20-2. The Hall–Kier alpha value is 22.4. The summed E-state index contributed by atoms with van der Waals surface area (Å²) in [4.78, 5) is 0. The van der Waals surface area contributed by atoms with Gasteiger partial charge in [-0.05, 0) is 14.1 Å². The molecule has 0 aliphatic rings. The molecule has 2 nitrogen and oxygen atoms in total. The van der Waals surface area contributed by atoms with E-state index in [2.05, 4.69) is 5.32 Å². The van der Waals surface area contributed by atoms with E-state index >= 15 is 0 Å². The Morgan fingerprint density at radius 3 is 0.486 bits per heavy atom. The molecular weight excluding hydrogens is 1990 g/mol. The second-order valence-corrected chi connectivity index (χ2v) is 1.88. The second kappa shape index (κ2) is 187. The first-order chi connectivity index (χ1) is 5.83. The van der Waals surface area contributed by atoms with E-state index in [0.717, 1.165) is 0 Å². The van der Waals surface area contributed by atoms with Crippen molar-refractivity contribution in [2.75, 3.05) is 14.1 Å². The fourth-order valence-corrected chi connectivity index (χ4v) is 0.385. The average molecular weight is 2010 g/mol. The van der Waals surface area contributed by atoms with Crippen LogP contribution >= 0.6 is 0 Å². The van der Waals surface area contributed by atoms with Gasteiger partial charge in [-0.3, -0.25) is 0 Å². The summed E-state index contributed by atoms with van der Waals surface area (Å²) in [6.07, 6.45) is 0. The first kappa shape index (κ1) is 174. The zero-order valence-electron chi connectivity index (χ0n) is 23.5. The summed E-state index contributed by atoms with van der Waals surface area (Å²) in [5, 5.41) is 10.1. The zero-order valence-corrected chi connectivity index (χ0v) is 82.3. The maximum atomic E-state index is 7.32. The number of nitrogens with zero attached hydrogens (tertiary/aromatic N) is 1. The summed E-state index contributed by atoms with van der Waals surface area (Å²) >= 11 is 0. The van der Waals surface area contributed by atoms with Crippen molar-refractivity contribution in [3.05, 3.63) is 51.3 Å². The minimum Gasteiger partial charge on any atom is -1.00 e. The Balaban J connectivity index is -0.00000000134. The quantitative estimate of drug-likeness (QED) is 0.295. The van der Waals surface area contributed by atoms with Crippen molar-refractivity contribution in [2.45, 2.75) is 6.92 Å². The maximum absolute atomic E-state index is 7.32. The van der Waals surface area contributed by atoms with Gasteiger partial charge in [0.2, 0.25) is 0 Å². The van der Waals surface area contributed by atoms with Crippen molar-refractivity contribution in [1.82, 2.24) is 5.32 Å². The summed E-state index contributed by atoms with van der Waals surface area (Å²) in [5.74, 6) is 0. The van der Waals surface area contributed by atoms with E-state index in [1.165, 1.54) is 6.92 Å². The minimum atomic E-state index is 0. The van der Waals surface area contributed by atoms with Crippen LogP contribution in [0.5, 0.6) is 0 Å². The fourth-order valence-electron chi connectivity index (χ4n) is 0.385. The molecule has 1 rings (SSSR count). The Morgan fingerprint density at radius 1 is 0.429 bits per heavy atom. The average Bonchev–Trinajstić information content (AvgIpc) is 2.10. The van der Waals surface area contributed by atoms with Crippen LogP contribution in [0.15, 0.2) is 36.4 Å². The van der Waals surface area contributed by atoms with Crippen molar-refractivity contribution >= 4 is 0 Å². The van der Waals surface area contributed by atoms with Crippen LogP contribution < -0.4 is 56.7 Å². The molecule has 0 bridgehead atoms. The summed E-state index contributed by atoms with van der Waals surface area (Å²) in [6, 6.07) is 13.8. The van der Waals surface area contributed by atoms with Gasteiger partial charge in [0.25, 0.3) is 0 Å². The monoisotopic (exact) mass is 2010 g/mol. The van der Waals surface area contributed by atoms with Crippen LogP contribution in [0.2, 0.25) is 0 Å². The number of benzene rings is 1. The summed E-state index contributed by atoms with van der Waals surface area (Å²) < 4.78 is 0. The first-order valence-corrected chi connectivity index (χ1v) is 3.72. The Labute approximate surface area is 768 Å². The van der Waals surface area contributed by atoms with Crippen molar-refractivity contribution in [1.29, 1.82) is 5.26 Å². The van der Waals surface area contributed by atoms with Gasteiger partial charge in [0, 0.05) is 661 Å². The molecule has 0 heterocycles. The van der Waals surface area contributed by atoms with Gasteiger partial charge in [0.15, 0.2) is 0 Å². The van der Waals surface area contributed by atoms with E-state index in [1.807, 2.05) is 50.5 Å². The molecule has 35 heavy (non-hydrogen) atoms. The Morgan fingerprint density at radius 2 is 0.457 bits per heavy atom. The van der Waals surface area contributed by atoms with E-state index < -0.39 is 0 Å². The molecule has 0 aliphatic carbocycles. The number of nitrogens with one attached hydrogen (secondary N) is 1. The molecule has 144 valence electrons. The van der Waals surface area contributed by atoms with Crippen LogP contribution in [0, 0.1) is 26.2 Å². The number of rotatable bonds is 0. The predicted molar refractivity (Wildman–Crippen MR) is 66.7 cm³/mol. The summed E-state index contributed by atoms with van der Waals surface area (Å²) in [6.45, 7) is 1.43. The summed E-state index contributed by atoms with van der Waals surface area (Å²) in [7, 11) is 3.75. The van der Waals surface area contributed by atoms with Gasteiger partial charge >= 0.3 is 51.4 Å². The predicted octanol–water partition coefficient (Wildman–Crippen LogP) is 0.0192. The standard InChI is InChI=1S/C6H6.C2H7N.C2H3N.2CH3.K.20Y.H/c1-2-4-6-5-3-1;1-3-2;1-2-3;;;;;;;;;;;;;;;;;;;;;;;;/h1-6H;3H,1-2H3;1H3;2*1H3;;;;;;;;;;;;;;;;;;;;;;/q;;;2*-1;+1;;;;;;;;;;;;;;;;;;;;;-1. The van der Waals surface area contributed by atoms with Gasteiger partial charge in [-0.25, -0.2) is 0 Å². The van der Waals surface area contributed by atoms with Gasteiger partial charge < -0.3 is 21.6 Å². The van der Waals surface area contributed by atoms with Gasteiger partial charge in [-0.2, -0.15) is 5.26 Å². The molecule has 0 fully saturated rings. The van der Waals surface area contributed by atoms with E-state index in [1.54, 1.807) is 6.07 Å². The molecule has 1 aromatic carbocycles. The van der Waals surface area contributed by atoms with Crippen LogP contribution in [0.4, 0.5) is 0 Å². The molecule has 0 aromatic heterocycles. The van der Waals surface area contributed by atoms with Crippen molar-refractivity contribution in [2.24, 2.45) is 0 Å². The molecule has 0 spiro atoms. The first-order valence-electron chi connectivity index (χ1n) is 3.72. The van der Waals surface area contributed by atoms with E-state index in [4.69, 9.17) is 5.26 Å². The van der Waals surface area contributed by atoms with Crippen molar-refractivity contribution in [3.8, 4) is 6.07 Å². The third-order valence-electron chi connectivity index (χ3n) is 0.667. The van der Waals surface area contributed by atoms with Crippen molar-refractivity contribution < 1.29 is 707 Å². The number of hydrogen-bond donors (Lipinski definition) is 1. The molecule has 0 saturated heterocycles. The number of hydrogen-bond acceptors (Lipinski definition) is 2. The number of nitriles is 1. The maximum Gasteiger partial charge on any atom is 1.00 e. The molecule has 0 unspecified atom stereocenters. The van der Waals surface area contributed by atoms with E-state index in [9.17, 15) is 0 Å². The molecule has 20 radical (unpaired) electrons. The molecule has 0 amide bonds. The Bertz CT molecular complexity index is 197. The van der Waals surface area contributed by atoms with Crippen LogP contribution in [-0.2, 0) is 654 Å². The second-order valence-electron chi connectivity index (χ2n) is 1.88. The molecule has 0 aliphatic heterocycles. The third kappa shape index (κ3) is 207. The molecule has 1 N–H and O–H groups in total. The van der Waals surface area contributed by atoms with Crippen LogP contribution in [0.25, 0.3) is 0 Å². The van der Waals surface area contributed by atoms with Crippen molar-refractivity contribution in [3.63, 3.8) is 0 Å². The van der Waals surface area contributed by atoms with Gasteiger partial charge in [-0.15, -0.1) is 0 Å². The smallest absolute Gasteiger partial charge is 1.00 e. The normalized spacial score (nSPS) is 2.11. The topological polar surface area (TPSA) is 35.8 Å². The van der Waals surface area contributed by atoms with Crippen LogP contribution in [0.1, 0.15) is 8.35 Å². The Kier molecular flexibility index (Phi) is 931. The van der Waals surface area contributed by atoms with E-state index in [-0.39, 0.29) is 722 Å². The molecule has 23 heteroatoms. The minimum absolute atomic E-state index is 0. The van der Waals surface area contributed by atoms with Crippen LogP contribution in [0.3, 0.4) is 0 Å². The molecule has 0 atom stereocenters. The zero-order chi connectivity index (χ0) is 9.66. The molecule has 1 aromatic rings. The third-order valence-corrected chi connectivity index (χ3v) is 0.667. The van der Waals surface area contributed by atoms with Gasteiger partial charge in [-0.1, -0.05) is 36.4 Å². The van der Waals surface area contributed by atoms with Crippen LogP contribution in [-0.4, -0.2) is 14.1 Å².